The van der Waals surface area contributed by atoms with Crippen molar-refractivity contribution in [1.82, 2.24) is 0 Å². The molecule has 0 aliphatic heterocycles. The van der Waals surface area contributed by atoms with E-state index in [9.17, 15) is 21.6 Å². The van der Waals surface area contributed by atoms with E-state index in [0.717, 1.165) is 6.07 Å². The van der Waals surface area contributed by atoms with E-state index in [0.29, 0.717) is 5.56 Å². The fourth-order valence-electron chi connectivity index (χ4n) is 1.87. The molecule has 1 N–H and O–H groups in total. The van der Waals surface area contributed by atoms with Crippen LogP contribution in [0.2, 0.25) is 5.02 Å². The molecule has 2 aromatic carbocycles. The average Bonchev–Trinajstić information content (AvgIpc) is 2.60. The molecule has 11 heteroatoms. The average molecular weight is 418 g/mol. The van der Waals surface area contributed by atoms with Crippen molar-refractivity contribution in [2.75, 3.05) is 4.72 Å². The smallest absolute Gasteiger partial charge is 0.357 e. The molecule has 142 valence electrons. The SMILES string of the molecule is CC(=NOc1ccc(C#N)cc1)c1cc(Cl)ccc1NS(=O)(=O)C(F)(F)F. The van der Waals surface area contributed by atoms with Gasteiger partial charge in [-0.05, 0) is 49.4 Å². The zero-order valence-corrected chi connectivity index (χ0v) is 15.2. The lowest BCUT2D eigenvalue weighted by Crippen LogP contribution is -2.30. The summed E-state index contributed by atoms with van der Waals surface area (Å²) < 4.78 is 62.0. The van der Waals surface area contributed by atoms with Gasteiger partial charge in [0.25, 0.3) is 0 Å². The van der Waals surface area contributed by atoms with Crippen molar-refractivity contribution in [3.8, 4) is 11.8 Å². The minimum atomic E-state index is -5.61. The number of oxime groups is 1. The van der Waals surface area contributed by atoms with E-state index in [2.05, 4.69) is 5.16 Å². The quantitative estimate of drug-likeness (QED) is 0.580. The van der Waals surface area contributed by atoms with E-state index >= 15 is 0 Å². The van der Waals surface area contributed by atoms with Crippen LogP contribution in [0.15, 0.2) is 47.6 Å². The van der Waals surface area contributed by atoms with Crippen molar-refractivity contribution in [1.29, 1.82) is 5.26 Å². The summed E-state index contributed by atoms with van der Waals surface area (Å²) in [5, 5.41) is 12.7. The van der Waals surface area contributed by atoms with Crippen LogP contribution in [0.1, 0.15) is 18.1 Å². The van der Waals surface area contributed by atoms with Gasteiger partial charge in [-0.1, -0.05) is 16.8 Å². The van der Waals surface area contributed by atoms with E-state index in [1.165, 1.54) is 48.0 Å². The molecule has 2 rings (SSSR count). The molecule has 0 atom stereocenters. The molecule has 0 spiro atoms. The van der Waals surface area contributed by atoms with Crippen LogP contribution in [0.5, 0.6) is 5.75 Å². The van der Waals surface area contributed by atoms with Crippen LogP contribution >= 0.6 is 11.6 Å². The first kappa shape index (κ1) is 20.5. The van der Waals surface area contributed by atoms with E-state index in [4.69, 9.17) is 21.7 Å². The van der Waals surface area contributed by atoms with E-state index in [-0.39, 0.29) is 27.7 Å². The molecule has 0 aliphatic rings. The first-order chi connectivity index (χ1) is 12.5. The second-order valence-electron chi connectivity index (χ2n) is 5.15. The van der Waals surface area contributed by atoms with Crippen LogP contribution < -0.4 is 9.56 Å². The van der Waals surface area contributed by atoms with Crippen LogP contribution in [-0.2, 0) is 10.0 Å². The molecule has 0 unspecified atom stereocenters. The number of nitrogens with zero attached hydrogens (tertiary/aromatic N) is 2. The Kier molecular flexibility index (Phi) is 5.98. The Hall–Kier alpha value is -2.77. The van der Waals surface area contributed by atoms with Crippen LogP contribution in [-0.4, -0.2) is 19.6 Å². The molecule has 0 aliphatic carbocycles. The second kappa shape index (κ2) is 7.85. The first-order valence-electron chi connectivity index (χ1n) is 7.14. The molecule has 0 amide bonds. The van der Waals surface area contributed by atoms with Crippen LogP contribution in [0.3, 0.4) is 0 Å². The molecule has 0 bridgehead atoms. The largest absolute Gasteiger partial charge is 0.516 e. The Labute approximate surface area is 157 Å². The highest BCUT2D eigenvalue weighted by atomic mass is 35.5. The standard InChI is InChI=1S/C16H11ClF3N3O3S/c1-10(22-26-13-5-2-11(9-21)3-6-13)14-8-12(17)4-7-15(14)23-27(24,25)16(18,19)20/h2-8,23H,1H3. The molecule has 27 heavy (non-hydrogen) atoms. The van der Waals surface area contributed by atoms with Gasteiger partial charge in [-0.15, -0.1) is 0 Å². The topological polar surface area (TPSA) is 91.5 Å². The third kappa shape index (κ3) is 5.12. The van der Waals surface area contributed by atoms with Gasteiger partial charge in [0.1, 0.15) is 0 Å². The Morgan fingerprint density at radius 1 is 1.22 bits per heavy atom. The third-order valence-corrected chi connectivity index (χ3v) is 4.52. The number of rotatable bonds is 5. The van der Waals surface area contributed by atoms with Gasteiger partial charge in [-0.2, -0.15) is 26.9 Å². The van der Waals surface area contributed by atoms with Crippen molar-refractivity contribution in [2.24, 2.45) is 5.16 Å². The monoisotopic (exact) mass is 417 g/mol. The highest BCUT2D eigenvalue weighted by molar-refractivity contribution is 7.93. The molecule has 6 nitrogen and oxygen atoms in total. The molecular weight excluding hydrogens is 407 g/mol. The van der Waals surface area contributed by atoms with Crippen molar-refractivity contribution in [3.63, 3.8) is 0 Å². The summed E-state index contributed by atoms with van der Waals surface area (Å²) >= 11 is 5.85. The Balaban J connectivity index is 2.33. The molecule has 0 heterocycles. The molecule has 0 saturated carbocycles. The Morgan fingerprint density at radius 2 is 1.85 bits per heavy atom. The van der Waals surface area contributed by atoms with Crippen molar-refractivity contribution >= 4 is 33.0 Å². The van der Waals surface area contributed by atoms with Gasteiger partial charge in [0, 0.05) is 10.6 Å². The summed E-state index contributed by atoms with van der Waals surface area (Å²) in [5.41, 5.74) is -5.36. The molecule has 0 radical (unpaired) electrons. The minimum Gasteiger partial charge on any atom is -0.357 e. The van der Waals surface area contributed by atoms with E-state index < -0.39 is 15.5 Å². The maximum Gasteiger partial charge on any atom is 0.516 e. The fraction of sp³-hybridized carbons (Fsp3) is 0.125. The number of hydrogen-bond donors (Lipinski definition) is 1. The minimum absolute atomic E-state index is 0.00368. The Morgan fingerprint density at radius 3 is 2.41 bits per heavy atom. The lowest BCUT2D eigenvalue weighted by atomic mass is 10.1. The molecular formula is C16H11ClF3N3O3S. The van der Waals surface area contributed by atoms with Gasteiger partial charge >= 0.3 is 15.5 Å². The summed E-state index contributed by atoms with van der Waals surface area (Å²) in [6, 6.07) is 11.4. The van der Waals surface area contributed by atoms with Crippen LogP contribution in [0.25, 0.3) is 0 Å². The van der Waals surface area contributed by atoms with Gasteiger partial charge in [0.05, 0.1) is 23.0 Å². The number of sulfonamides is 1. The highest BCUT2D eigenvalue weighted by Crippen LogP contribution is 2.29. The second-order valence-corrected chi connectivity index (χ2v) is 7.26. The predicted molar refractivity (Wildman–Crippen MR) is 94.0 cm³/mol. The highest BCUT2D eigenvalue weighted by Gasteiger charge is 2.46. The number of alkyl halides is 3. The van der Waals surface area contributed by atoms with E-state index in [1.54, 1.807) is 0 Å². The van der Waals surface area contributed by atoms with E-state index in [1.807, 2.05) is 6.07 Å². The van der Waals surface area contributed by atoms with Gasteiger partial charge in [0.15, 0.2) is 5.75 Å². The zero-order valence-electron chi connectivity index (χ0n) is 13.6. The number of anilines is 1. The number of hydrogen-bond acceptors (Lipinski definition) is 5. The van der Waals surface area contributed by atoms with Crippen LogP contribution in [0, 0.1) is 11.3 Å². The molecule has 2 aromatic rings. The normalized spacial score (nSPS) is 12.4. The summed E-state index contributed by atoms with van der Waals surface area (Å²) in [6.45, 7) is 1.40. The summed E-state index contributed by atoms with van der Waals surface area (Å²) in [6.07, 6.45) is 0. The fourth-order valence-corrected chi connectivity index (χ4v) is 2.62. The summed E-state index contributed by atoms with van der Waals surface area (Å²) in [4.78, 5) is 5.15. The third-order valence-electron chi connectivity index (χ3n) is 3.19. The lowest BCUT2D eigenvalue weighted by molar-refractivity contribution is -0.0429. The first-order valence-corrected chi connectivity index (χ1v) is 9.00. The predicted octanol–water partition coefficient (Wildman–Crippen LogP) is 4.28. The maximum absolute atomic E-state index is 12.6. The molecule has 0 fully saturated rings. The van der Waals surface area contributed by atoms with Gasteiger partial charge < -0.3 is 4.84 Å². The number of benzene rings is 2. The summed E-state index contributed by atoms with van der Waals surface area (Å²) in [5.74, 6) is 0.271. The molecule has 0 aromatic heterocycles. The lowest BCUT2D eigenvalue weighted by Gasteiger charge is -2.14. The molecule has 0 saturated heterocycles. The zero-order chi connectivity index (χ0) is 20.2. The van der Waals surface area contributed by atoms with Gasteiger partial charge in [-0.3, -0.25) is 4.72 Å². The summed E-state index contributed by atoms with van der Waals surface area (Å²) in [7, 11) is -5.61. The van der Waals surface area contributed by atoms with Crippen molar-refractivity contribution < 1.29 is 26.4 Å². The van der Waals surface area contributed by atoms with Crippen LogP contribution in [0.4, 0.5) is 18.9 Å². The number of nitrogens with one attached hydrogen (secondary N) is 1. The van der Waals surface area contributed by atoms with Crippen molar-refractivity contribution in [3.05, 3.63) is 58.6 Å². The van der Waals surface area contributed by atoms with Gasteiger partial charge in [-0.25, -0.2) is 0 Å². The number of nitriles is 1. The van der Waals surface area contributed by atoms with Gasteiger partial charge in [0.2, 0.25) is 0 Å². The Bertz CT molecular complexity index is 1010. The number of halogens is 4. The maximum atomic E-state index is 12.6. The van der Waals surface area contributed by atoms with Crippen molar-refractivity contribution in [2.45, 2.75) is 12.4 Å².